The summed E-state index contributed by atoms with van der Waals surface area (Å²) in [5.41, 5.74) is 9.38. The lowest BCUT2D eigenvalue weighted by Gasteiger charge is -2.09. The van der Waals surface area contributed by atoms with E-state index in [1.807, 2.05) is 55.5 Å². The van der Waals surface area contributed by atoms with Crippen LogP contribution < -0.4 is 25.8 Å². The highest BCUT2D eigenvalue weighted by Crippen LogP contribution is 2.24. The Morgan fingerprint density at radius 1 is 1.07 bits per heavy atom. The van der Waals surface area contributed by atoms with Crippen molar-refractivity contribution in [2.75, 3.05) is 13.2 Å². The number of aromatic nitrogens is 3. The highest BCUT2D eigenvalue weighted by atomic mass is 32.2. The molecule has 4 aromatic rings. The molecule has 43 heavy (non-hydrogen) atoms. The Morgan fingerprint density at radius 3 is 2.63 bits per heavy atom. The van der Waals surface area contributed by atoms with E-state index in [1.54, 1.807) is 0 Å². The number of nitrogens with two attached hydrogens (primary N) is 1. The fraction of sp³-hybridized carbons (Fsp3) is 0.241. The number of amides is 2. The summed E-state index contributed by atoms with van der Waals surface area (Å²) in [6, 6.07) is 20.7. The molecule has 226 valence electrons. The molecule has 4 rings (SSSR count). The van der Waals surface area contributed by atoms with E-state index in [9.17, 15) is 18.0 Å². The van der Waals surface area contributed by atoms with Crippen LogP contribution in [-0.4, -0.2) is 46.3 Å². The number of halogens is 3. The monoisotopic (exact) mass is 612 g/mol. The molecule has 2 amide bonds. The van der Waals surface area contributed by atoms with Gasteiger partial charge in [0.05, 0.1) is 5.69 Å². The van der Waals surface area contributed by atoms with Gasteiger partial charge in [-0.1, -0.05) is 36.4 Å². The molecule has 0 saturated heterocycles. The molecular weight excluding hydrogens is 581 g/mol. The SMILES string of the molecule is Cc1ccccc1SNCN=C(N)NC(=O)NCCCCc1cccc(-c2ncn(-c3ccc(OC(F)(F)F)cc3)n2)c1. The molecule has 1 heterocycles. The van der Waals surface area contributed by atoms with Crippen molar-refractivity contribution in [3.05, 3.63) is 90.3 Å². The van der Waals surface area contributed by atoms with Gasteiger partial charge in [-0.3, -0.25) is 5.32 Å². The number of rotatable bonds is 12. The van der Waals surface area contributed by atoms with Crippen LogP contribution in [0.2, 0.25) is 0 Å². The van der Waals surface area contributed by atoms with E-state index in [-0.39, 0.29) is 18.4 Å². The topological polar surface area (TPSA) is 131 Å². The number of nitrogens with zero attached hydrogens (tertiary/aromatic N) is 4. The van der Waals surface area contributed by atoms with Gasteiger partial charge in [0.15, 0.2) is 11.8 Å². The van der Waals surface area contributed by atoms with Gasteiger partial charge >= 0.3 is 12.4 Å². The standard InChI is InChI=1S/C29H31F3N8O2S/c1-20-7-2-3-11-25(20)43-37-18-35-27(33)38-28(41)34-16-5-4-8-21-9-6-10-22(17-21)26-36-19-40(39-26)23-12-14-24(15-13-23)42-29(30,31)32/h2-3,6-7,9-15,17,19,37H,4-5,8,16,18H2,1H3,(H4,33,34,35,38,41). The average Bonchev–Trinajstić information content (AvgIpc) is 3.46. The predicted octanol–water partition coefficient (Wildman–Crippen LogP) is 5.33. The number of hydrogen-bond acceptors (Lipinski definition) is 7. The first-order valence-electron chi connectivity index (χ1n) is 13.3. The minimum absolute atomic E-state index is 0.0238. The summed E-state index contributed by atoms with van der Waals surface area (Å²) in [6.45, 7) is 2.74. The van der Waals surface area contributed by atoms with E-state index in [1.165, 1.54) is 47.2 Å². The number of guanidine groups is 1. The van der Waals surface area contributed by atoms with Crippen molar-refractivity contribution in [3.63, 3.8) is 0 Å². The summed E-state index contributed by atoms with van der Waals surface area (Å²) in [7, 11) is 0. The number of ether oxygens (including phenoxy) is 1. The Hall–Kier alpha value is -4.56. The van der Waals surface area contributed by atoms with Crippen molar-refractivity contribution in [3.8, 4) is 22.8 Å². The van der Waals surface area contributed by atoms with E-state index < -0.39 is 12.4 Å². The molecule has 0 radical (unpaired) electrons. The van der Waals surface area contributed by atoms with Crippen LogP contribution in [0.3, 0.4) is 0 Å². The molecule has 0 atom stereocenters. The van der Waals surface area contributed by atoms with E-state index in [0.29, 0.717) is 18.1 Å². The van der Waals surface area contributed by atoms with E-state index in [2.05, 4.69) is 35.2 Å². The average molecular weight is 613 g/mol. The maximum atomic E-state index is 12.4. The third kappa shape index (κ3) is 10.3. The lowest BCUT2D eigenvalue weighted by atomic mass is 10.0. The smallest absolute Gasteiger partial charge is 0.406 e. The molecule has 0 aliphatic rings. The zero-order valence-corrected chi connectivity index (χ0v) is 24.1. The first-order valence-corrected chi connectivity index (χ1v) is 14.2. The largest absolute Gasteiger partial charge is 0.573 e. The van der Waals surface area contributed by atoms with E-state index >= 15 is 0 Å². The van der Waals surface area contributed by atoms with Crippen LogP contribution in [0.5, 0.6) is 5.75 Å². The summed E-state index contributed by atoms with van der Waals surface area (Å²) < 4.78 is 45.6. The van der Waals surface area contributed by atoms with Crippen molar-refractivity contribution < 1.29 is 22.7 Å². The van der Waals surface area contributed by atoms with Gasteiger partial charge in [-0.25, -0.2) is 24.2 Å². The van der Waals surface area contributed by atoms with Gasteiger partial charge in [0.2, 0.25) is 0 Å². The van der Waals surface area contributed by atoms with Crippen LogP contribution in [0.15, 0.2) is 89.0 Å². The number of benzene rings is 3. The number of unbranched alkanes of at least 4 members (excludes halogenated alkanes) is 1. The van der Waals surface area contributed by atoms with Crippen LogP contribution in [0.1, 0.15) is 24.0 Å². The second-order valence-electron chi connectivity index (χ2n) is 9.31. The number of aryl methyl sites for hydroxylation is 2. The summed E-state index contributed by atoms with van der Waals surface area (Å²) >= 11 is 1.44. The fourth-order valence-electron chi connectivity index (χ4n) is 3.94. The summed E-state index contributed by atoms with van der Waals surface area (Å²) in [6.07, 6.45) is -0.878. The van der Waals surface area contributed by atoms with E-state index in [0.717, 1.165) is 40.8 Å². The molecule has 0 aliphatic heterocycles. The highest BCUT2D eigenvalue weighted by molar-refractivity contribution is 7.97. The number of aliphatic imine (C=N–C) groups is 1. The Bertz CT molecular complexity index is 1530. The molecule has 10 nitrogen and oxygen atoms in total. The molecule has 0 unspecified atom stereocenters. The summed E-state index contributed by atoms with van der Waals surface area (Å²) in [5.74, 6) is 0.199. The molecule has 0 bridgehead atoms. The Morgan fingerprint density at radius 2 is 1.86 bits per heavy atom. The zero-order valence-electron chi connectivity index (χ0n) is 23.3. The normalized spacial score (nSPS) is 11.8. The summed E-state index contributed by atoms with van der Waals surface area (Å²) in [5, 5.41) is 9.73. The van der Waals surface area contributed by atoms with Gasteiger partial charge in [0, 0.05) is 17.0 Å². The molecule has 1 aromatic heterocycles. The predicted molar refractivity (Wildman–Crippen MR) is 160 cm³/mol. The number of hydrogen-bond donors (Lipinski definition) is 4. The van der Waals surface area contributed by atoms with Gasteiger partial charge in [0.1, 0.15) is 18.7 Å². The third-order valence-corrected chi connectivity index (χ3v) is 6.97. The second-order valence-corrected chi connectivity index (χ2v) is 10.2. The van der Waals surface area contributed by atoms with Crippen LogP contribution in [0.4, 0.5) is 18.0 Å². The van der Waals surface area contributed by atoms with Crippen LogP contribution in [0.25, 0.3) is 17.1 Å². The van der Waals surface area contributed by atoms with Crippen molar-refractivity contribution in [1.82, 2.24) is 30.1 Å². The molecule has 3 aromatic carbocycles. The maximum absolute atomic E-state index is 12.4. The first-order chi connectivity index (χ1) is 20.7. The maximum Gasteiger partial charge on any atom is 0.573 e. The van der Waals surface area contributed by atoms with Crippen LogP contribution in [0, 0.1) is 6.92 Å². The molecular formula is C29H31F3N8O2S. The third-order valence-electron chi connectivity index (χ3n) is 6.02. The van der Waals surface area contributed by atoms with Crippen LogP contribution in [-0.2, 0) is 6.42 Å². The minimum Gasteiger partial charge on any atom is -0.406 e. The van der Waals surface area contributed by atoms with Crippen molar-refractivity contribution >= 4 is 23.9 Å². The van der Waals surface area contributed by atoms with Gasteiger partial charge < -0.3 is 15.8 Å². The fourth-order valence-corrected chi connectivity index (χ4v) is 4.60. The van der Waals surface area contributed by atoms with Crippen molar-refractivity contribution in [2.24, 2.45) is 10.7 Å². The molecule has 14 heteroatoms. The zero-order chi connectivity index (χ0) is 30.7. The van der Waals surface area contributed by atoms with Crippen molar-refractivity contribution in [2.45, 2.75) is 37.4 Å². The Kier molecular flexibility index (Phi) is 11.0. The molecule has 0 fully saturated rings. The van der Waals surface area contributed by atoms with E-state index in [4.69, 9.17) is 5.73 Å². The number of nitrogens with one attached hydrogen (secondary N) is 3. The van der Waals surface area contributed by atoms with Crippen LogP contribution >= 0.6 is 11.9 Å². The molecule has 0 spiro atoms. The lowest BCUT2D eigenvalue weighted by Crippen LogP contribution is -2.44. The number of carbonyl (C=O) groups excluding carboxylic acids is 1. The Balaban J connectivity index is 1.16. The molecule has 0 aliphatic carbocycles. The minimum atomic E-state index is -4.75. The first kappa shape index (κ1) is 31.4. The highest BCUT2D eigenvalue weighted by Gasteiger charge is 2.31. The van der Waals surface area contributed by atoms with Gasteiger partial charge in [-0.15, -0.1) is 18.3 Å². The molecule has 5 N–H and O–H groups in total. The quantitative estimate of drug-likeness (QED) is 0.0736. The van der Waals surface area contributed by atoms with Gasteiger partial charge in [-0.05, 0) is 85.7 Å². The second kappa shape index (κ2) is 15.1. The number of alkyl halides is 3. The number of carbonyl (C=O) groups is 1. The van der Waals surface area contributed by atoms with Gasteiger partial charge in [0.25, 0.3) is 0 Å². The number of urea groups is 1. The Labute approximate surface area is 251 Å². The van der Waals surface area contributed by atoms with Gasteiger partial charge in [-0.2, -0.15) is 0 Å². The van der Waals surface area contributed by atoms with Crippen molar-refractivity contribution in [1.29, 1.82) is 0 Å². The molecule has 0 saturated carbocycles. The lowest BCUT2D eigenvalue weighted by molar-refractivity contribution is -0.274. The summed E-state index contributed by atoms with van der Waals surface area (Å²) in [4.78, 5) is 21.6.